The molecule has 1 aliphatic heterocycles. The molecular formula is C16H23BrN2O2. The van der Waals surface area contributed by atoms with Crippen LogP contribution in [0.15, 0.2) is 28.7 Å². The second-order valence-electron chi connectivity index (χ2n) is 5.38. The molecule has 0 spiro atoms. The van der Waals surface area contributed by atoms with Crippen LogP contribution in [0.4, 0.5) is 0 Å². The number of carbonyl (C=O) groups excluding carboxylic acids is 1. The van der Waals surface area contributed by atoms with Crippen molar-refractivity contribution in [3.05, 3.63) is 28.7 Å². The third-order valence-corrected chi connectivity index (χ3v) is 4.23. The SMILES string of the molecule is CCCN1CCN(C(=O)C(C)Oc2ccc(Br)cc2)CC1. The predicted molar refractivity (Wildman–Crippen MR) is 87.5 cm³/mol. The molecule has 1 amide bonds. The van der Waals surface area contributed by atoms with Crippen LogP contribution in [0.1, 0.15) is 20.3 Å². The Balaban J connectivity index is 1.84. The first-order chi connectivity index (χ1) is 10.1. The molecule has 21 heavy (non-hydrogen) atoms. The molecule has 1 aromatic rings. The summed E-state index contributed by atoms with van der Waals surface area (Å²) in [6.07, 6.45) is 0.723. The van der Waals surface area contributed by atoms with E-state index in [1.165, 1.54) is 0 Å². The van der Waals surface area contributed by atoms with Gasteiger partial charge in [-0.25, -0.2) is 0 Å². The van der Waals surface area contributed by atoms with Crippen molar-refractivity contribution in [1.82, 2.24) is 9.80 Å². The fourth-order valence-corrected chi connectivity index (χ4v) is 2.80. The first-order valence-corrected chi connectivity index (χ1v) is 8.33. The fourth-order valence-electron chi connectivity index (χ4n) is 2.53. The van der Waals surface area contributed by atoms with Gasteiger partial charge in [0, 0.05) is 30.7 Å². The Bertz CT molecular complexity index is 456. The number of amides is 1. The molecule has 5 heteroatoms. The lowest BCUT2D eigenvalue weighted by molar-refractivity contribution is -0.139. The van der Waals surface area contributed by atoms with E-state index in [-0.39, 0.29) is 5.91 Å². The number of halogens is 1. The van der Waals surface area contributed by atoms with E-state index >= 15 is 0 Å². The van der Waals surface area contributed by atoms with Gasteiger partial charge in [-0.05, 0) is 44.2 Å². The van der Waals surface area contributed by atoms with E-state index in [0.29, 0.717) is 0 Å². The molecule has 1 aromatic carbocycles. The Kier molecular flexibility index (Phi) is 6.06. The average Bonchev–Trinajstić information content (AvgIpc) is 2.50. The normalized spacial score (nSPS) is 17.6. The molecule has 116 valence electrons. The summed E-state index contributed by atoms with van der Waals surface area (Å²) in [7, 11) is 0. The van der Waals surface area contributed by atoms with Crippen LogP contribution in [0, 0.1) is 0 Å². The van der Waals surface area contributed by atoms with E-state index in [9.17, 15) is 4.79 Å². The van der Waals surface area contributed by atoms with Crippen molar-refractivity contribution < 1.29 is 9.53 Å². The summed E-state index contributed by atoms with van der Waals surface area (Å²) < 4.78 is 6.73. The van der Waals surface area contributed by atoms with Crippen molar-refractivity contribution in [3.8, 4) is 5.75 Å². The minimum absolute atomic E-state index is 0.0778. The standard InChI is InChI=1S/C16H23BrN2O2/c1-3-8-18-9-11-19(12-10-18)16(20)13(2)21-15-6-4-14(17)5-7-15/h4-7,13H,3,8-12H2,1-2H3. The Hall–Kier alpha value is -1.07. The first-order valence-electron chi connectivity index (χ1n) is 7.53. The van der Waals surface area contributed by atoms with Crippen LogP contribution >= 0.6 is 15.9 Å². The number of benzene rings is 1. The number of hydrogen-bond donors (Lipinski definition) is 0. The van der Waals surface area contributed by atoms with Crippen molar-refractivity contribution in [3.63, 3.8) is 0 Å². The smallest absolute Gasteiger partial charge is 0.263 e. The number of carbonyl (C=O) groups is 1. The maximum atomic E-state index is 12.4. The molecule has 0 aliphatic carbocycles. The summed E-state index contributed by atoms with van der Waals surface area (Å²) in [5.74, 6) is 0.803. The lowest BCUT2D eigenvalue weighted by Gasteiger charge is -2.35. The van der Waals surface area contributed by atoms with Gasteiger partial charge < -0.3 is 9.64 Å². The monoisotopic (exact) mass is 354 g/mol. The van der Waals surface area contributed by atoms with E-state index in [0.717, 1.165) is 49.4 Å². The van der Waals surface area contributed by atoms with E-state index in [1.807, 2.05) is 36.1 Å². The molecule has 1 heterocycles. The maximum absolute atomic E-state index is 12.4. The van der Waals surface area contributed by atoms with Gasteiger partial charge in [-0.1, -0.05) is 22.9 Å². The number of hydrogen-bond acceptors (Lipinski definition) is 3. The van der Waals surface area contributed by atoms with Crippen LogP contribution in [0.2, 0.25) is 0 Å². The van der Waals surface area contributed by atoms with Gasteiger partial charge in [0.1, 0.15) is 5.75 Å². The van der Waals surface area contributed by atoms with E-state index in [2.05, 4.69) is 27.8 Å². The minimum Gasteiger partial charge on any atom is -0.481 e. The molecule has 0 bridgehead atoms. The quantitative estimate of drug-likeness (QED) is 0.814. The molecule has 1 aliphatic rings. The summed E-state index contributed by atoms with van der Waals surface area (Å²) in [5.41, 5.74) is 0. The lowest BCUT2D eigenvalue weighted by atomic mass is 10.2. The van der Waals surface area contributed by atoms with Crippen LogP contribution in [-0.2, 0) is 4.79 Å². The summed E-state index contributed by atoms with van der Waals surface area (Å²) in [5, 5.41) is 0. The Morgan fingerprint density at radius 2 is 1.86 bits per heavy atom. The average molecular weight is 355 g/mol. The van der Waals surface area contributed by atoms with Gasteiger partial charge in [-0.2, -0.15) is 0 Å². The van der Waals surface area contributed by atoms with E-state index in [4.69, 9.17) is 4.74 Å². The van der Waals surface area contributed by atoms with Gasteiger partial charge in [0.05, 0.1) is 0 Å². The van der Waals surface area contributed by atoms with Gasteiger partial charge in [-0.3, -0.25) is 9.69 Å². The molecule has 1 saturated heterocycles. The molecule has 0 saturated carbocycles. The number of nitrogens with zero attached hydrogens (tertiary/aromatic N) is 2. The highest BCUT2D eigenvalue weighted by atomic mass is 79.9. The summed E-state index contributed by atoms with van der Waals surface area (Å²) in [6, 6.07) is 7.56. The summed E-state index contributed by atoms with van der Waals surface area (Å²) in [6.45, 7) is 8.65. The zero-order valence-corrected chi connectivity index (χ0v) is 14.3. The highest BCUT2D eigenvalue weighted by molar-refractivity contribution is 9.10. The van der Waals surface area contributed by atoms with Crippen LogP contribution in [0.5, 0.6) is 5.75 Å². The second kappa shape index (κ2) is 7.80. The van der Waals surface area contributed by atoms with Gasteiger partial charge in [0.2, 0.25) is 0 Å². The lowest BCUT2D eigenvalue weighted by Crippen LogP contribution is -2.51. The van der Waals surface area contributed by atoms with Crippen LogP contribution in [0.3, 0.4) is 0 Å². The second-order valence-corrected chi connectivity index (χ2v) is 6.30. The largest absolute Gasteiger partial charge is 0.481 e. The van der Waals surface area contributed by atoms with Crippen LogP contribution in [-0.4, -0.2) is 54.5 Å². The molecule has 0 aromatic heterocycles. The molecule has 0 radical (unpaired) electrons. The Morgan fingerprint density at radius 3 is 2.43 bits per heavy atom. The molecular weight excluding hydrogens is 332 g/mol. The summed E-state index contributed by atoms with van der Waals surface area (Å²) >= 11 is 3.39. The highest BCUT2D eigenvalue weighted by Crippen LogP contribution is 2.18. The van der Waals surface area contributed by atoms with Crippen LogP contribution in [0.25, 0.3) is 0 Å². The minimum atomic E-state index is -0.441. The summed E-state index contributed by atoms with van der Waals surface area (Å²) in [4.78, 5) is 16.7. The van der Waals surface area contributed by atoms with Crippen LogP contribution < -0.4 is 4.74 Å². The molecule has 1 fully saturated rings. The van der Waals surface area contributed by atoms with Gasteiger partial charge in [-0.15, -0.1) is 0 Å². The molecule has 2 rings (SSSR count). The Morgan fingerprint density at radius 1 is 1.24 bits per heavy atom. The molecule has 4 nitrogen and oxygen atoms in total. The third-order valence-electron chi connectivity index (χ3n) is 3.70. The third kappa shape index (κ3) is 4.71. The maximum Gasteiger partial charge on any atom is 0.263 e. The van der Waals surface area contributed by atoms with Crippen molar-refractivity contribution in [1.29, 1.82) is 0 Å². The van der Waals surface area contributed by atoms with E-state index in [1.54, 1.807) is 0 Å². The van der Waals surface area contributed by atoms with Gasteiger partial charge in [0.25, 0.3) is 5.91 Å². The Labute approximate surface area is 135 Å². The number of piperazine rings is 1. The van der Waals surface area contributed by atoms with Crippen molar-refractivity contribution in [2.75, 3.05) is 32.7 Å². The number of rotatable bonds is 5. The topological polar surface area (TPSA) is 32.8 Å². The van der Waals surface area contributed by atoms with Crippen molar-refractivity contribution >= 4 is 21.8 Å². The zero-order chi connectivity index (χ0) is 15.2. The fraction of sp³-hybridized carbons (Fsp3) is 0.562. The van der Waals surface area contributed by atoms with Crippen molar-refractivity contribution in [2.45, 2.75) is 26.4 Å². The molecule has 1 atom stereocenters. The van der Waals surface area contributed by atoms with Crippen molar-refractivity contribution in [2.24, 2.45) is 0 Å². The zero-order valence-electron chi connectivity index (χ0n) is 12.7. The highest BCUT2D eigenvalue weighted by Gasteiger charge is 2.25. The van der Waals surface area contributed by atoms with E-state index < -0.39 is 6.10 Å². The first kappa shape index (κ1) is 16.3. The number of ether oxygens (including phenoxy) is 1. The molecule has 1 unspecified atom stereocenters. The van der Waals surface area contributed by atoms with Gasteiger partial charge in [0.15, 0.2) is 6.10 Å². The predicted octanol–water partition coefficient (Wildman–Crippen LogP) is 2.77. The van der Waals surface area contributed by atoms with Gasteiger partial charge >= 0.3 is 0 Å². The molecule has 0 N–H and O–H groups in total.